The summed E-state index contributed by atoms with van der Waals surface area (Å²) >= 11 is 0. The van der Waals surface area contributed by atoms with Crippen LogP contribution in [0.5, 0.6) is 0 Å². The van der Waals surface area contributed by atoms with E-state index in [9.17, 15) is 4.79 Å². The van der Waals surface area contributed by atoms with Gasteiger partial charge in [0.2, 0.25) is 0 Å². The molecule has 0 atom stereocenters. The molecule has 0 aliphatic heterocycles. The van der Waals surface area contributed by atoms with Gasteiger partial charge in [-0.25, -0.2) is 4.79 Å². The van der Waals surface area contributed by atoms with Crippen LogP contribution in [0.2, 0.25) is 0 Å². The lowest BCUT2D eigenvalue weighted by Gasteiger charge is -2.17. The van der Waals surface area contributed by atoms with Gasteiger partial charge in [0.05, 0.1) is 12.6 Å². The average molecular weight is 262 g/mol. The Hall–Kier alpha value is -1.51. The molecule has 1 aromatic rings. The predicted molar refractivity (Wildman–Crippen MR) is 77.7 cm³/mol. The highest BCUT2D eigenvalue weighted by atomic mass is 16.5. The van der Waals surface area contributed by atoms with E-state index in [2.05, 4.69) is 19.2 Å². The van der Waals surface area contributed by atoms with Crippen molar-refractivity contribution in [3.05, 3.63) is 41.9 Å². The number of benzene rings is 1. The minimum absolute atomic E-state index is 0.344. The van der Waals surface area contributed by atoms with Gasteiger partial charge >= 0.3 is 6.09 Å². The Labute approximate surface area is 116 Å². The third-order valence-electron chi connectivity index (χ3n) is 2.89. The number of ether oxygens (including phenoxy) is 1. The third kappa shape index (κ3) is 6.27. The van der Waals surface area contributed by atoms with Crippen LogP contribution in [0.4, 0.5) is 4.79 Å². The Kier molecular flexibility index (Phi) is 7.71. The van der Waals surface area contributed by atoms with Crippen molar-refractivity contribution in [3.63, 3.8) is 0 Å². The molecule has 1 aromatic carbocycles. The SMILES string of the molecule is CCCCOC(=O)N[C](CCCC)c1ccccc1. The van der Waals surface area contributed by atoms with Gasteiger partial charge in [-0.3, -0.25) is 0 Å². The van der Waals surface area contributed by atoms with Crippen LogP contribution in [0, 0.1) is 6.04 Å². The summed E-state index contributed by atoms with van der Waals surface area (Å²) in [7, 11) is 0. The van der Waals surface area contributed by atoms with Crippen LogP contribution in [0.25, 0.3) is 0 Å². The second-order valence-corrected chi connectivity index (χ2v) is 4.56. The number of nitrogens with one attached hydrogen (secondary N) is 1. The Morgan fingerprint density at radius 3 is 2.42 bits per heavy atom. The molecule has 1 radical (unpaired) electrons. The maximum Gasteiger partial charge on any atom is 0.407 e. The molecule has 0 aliphatic rings. The van der Waals surface area contributed by atoms with E-state index in [-0.39, 0.29) is 6.09 Å². The maximum absolute atomic E-state index is 11.7. The number of carbonyl (C=O) groups excluding carboxylic acids is 1. The minimum Gasteiger partial charge on any atom is -0.450 e. The van der Waals surface area contributed by atoms with Crippen LogP contribution in [0.1, 0.15) is 51.5 Å². The van der Waals surface area contributed by atoms with Crippen LogP contribution < -0.4 is 5.32 Å². The van der Waals surface area contributed by atoms with E-state index in [1.165, 1.54) is 0 Å². The molecule has 19 heavy (non-hydrogen) atoms. The van der Waals surface area contributed by atoms with Gasteiger partial charge in [0, 0.05) is 0 Å². The Morgan fingerprint density at radius 2 is 1.79 bits per heavy atom. The first-order chi connectivity index (χ1) is 9.27. The van der Waals surface area contributed by atoms with Crippen molar-refractivity contribution in [1.29, 1.82) is 0 Å². The molecular formula is C16H24NO2. The summed E-state index contributed by atoms with van der Waals surface area (Å²) in [5.41, 5.74) is 1.06. The van der Waals surface area contributed by atoms with Crippen LogP contribution in [0.3, 0.4) is 0 Å². The lowest BCUT2D eigenvalue weighted by molar-refractivity contribution is 0.145. The summed E-state index contributed by atoms with van der Waals surface area (Å²) in [6, 6.07) is 10.9. The zero-order valence-electron chi connectivity index (χ0n) is 11.9. The third-order valence-corrected chi connectivity index (χ3v) is 2.89. The molecule has 0 aromatic heterocycles. The molecule has 0 heterocycles. The number of carbonyl (C=O) groups is 1. The molecule has 1 N–H and O–H groups in total. The number of unbranched alkanes of at least 4 members (excludes halogenated alkanes) is 2. The molecule has 0 spiro atoms. The fraction of sp³-hybridized carbons (Fsp3) is 0.500. The van der Waals surface area contributed by atoms with E-state index >= 15 is 0 Å². The van der Waals surface area contributed by atoms with E-state index in [0.29, 0.717) is 6.61 Å². The molecule has 3 nitrogen and oxygen atoms in total. The highest BCUT2D eigenvalue weighted by molar-refractivity contribution is 5.70. The quantitative estimate of drug-likeness (QED) is 0.710. The highest BCUT2D eigenvalue weighted by Gasteiger charge is 2.15. The van der Waals surface area contributed by atoms with Crippen LogP contribution in [0.15, 0.2) is 30.3 Å². The first-order valence-electron chi connectivity index (χ1n) is 7.13. The standard InChI is InChI=1S/C16H24NO2/c1-3-5-12-15(14-10-8-7-9-11-14)17-16(18)19-13-6-4-2/h7-11H,3-6,12-13H2,1-2H3,(H,17,18). The molecule has 0 bridgehead atoms. The Morgan fingerprint density at radius 1 is 1.11 bits per heavy atom. The van der Waals surface area contributed by atoms with Gasteiger partial charge in [-0.05, 0) is 18.4 Å². The van der Waals surface area contributed by atoms with Crippen LogP contribution >= 0.6 is 0 Å². The predicted octanol–water partition coefficient (Wildman–Crippen LogP) is 4.28. The second-order valence-electron chi connectivity index (χ2n) is 4.56. The van der Waals surface area contributed by atoms with Crippen molar-refractivity contribution in [2.45, 2.75) is 46.0 Å². The van der Waals surface area contributed by atoms with Gasteiger partial charge in [-0.1, -0.05) is 63.4 Å². The maximum atomic E-state index is 11.7. The first kappa shape index (κ1) is 15.5. The molecular weight excluding hydrogens is 238 g/mol. The van der Waals surface area contributed by atoms with Gasteiger partial charge in [-0.15, -0.1) is 0 Å². The fourth-order valence-electron chi connectivity index (χ4n) is 1.74. The van der Waals surface area contributed by atoms with Crippen molar-refractivity contribution >= 4 is 6.09 Å². The highest BCUT2D eigenvalue weighted by Crippen LogP contribution is 2.18. The summed E-state index contributed by atoms with van der Waals surface area (Å²) in [5.74, 6) is 0. The van der Waals surface area contributed by atoms with Crippen LogP contribution in [-0.4, -0.2) is 12.7 Å². The molecule has 0 saturated carbocycles. The number of alkyl carbamates (subject to hydrolysis) is 1. The summed E-state index contributed by atoms with van der Waals surface area (Å²) in [5, 5.41) is 2.88. The molecule has 3 heteroatoms. The zero-order chi connectivity index (χ0) is 13.9. The second kappa shape index (κ2) is 9.42. The summed E-state index contributed by atoms with van der Waals surface area (Å²) in [4.78, 5) is 11.7. The molecule has 0 aliphatic carbocycles. The Bertz CT molecular complexity index is 351. The van der Waals surface area contributed by atoms with Crippen LogP contribution in [-0.2, 0) is 4.74 Å². The Balaban J connectivity index is 2.52. The fourth-order valence-corrected chi connectivity index (χ4v) is 1.74. The van der Waals surface area contributed by atoms with Gasteiger partial charge < -0.3 is 10.1 Å². The van der Waals surface area contributed by atoms with E-state index in [1.54, 1.807) is 0 Å². The smallest absolute Gasteiger partial charge is 0.407 e. The minimum atomic E-state index is -0.344. The normalized spacial score (nSPS) is 10.5. The zero-order valence-corrected chi connectivity index (χ0v) is 11.9. The molecule has 1 rings (SSSR count). The monoisotopic (exact) mass is 262 g/mol. The topological polar surface area (TPSA) is 38.3 Å². The lowest BCUT2D eigenvalue weighted by Crippen LogP contribution is -2.30. The molecule has 0 fully saturated rings. The van der Waals surface area contributed by atoms with Crippen molar-refractivity contribution in [3.8, 4) is 0 Å². The first-order valence-corrected chi connectivity index (χ1v) is 7.13. The number of hydrogen-bond acceptors (Lipinski definition) is 2. The number of rotatable bonds is 8. The summed E-state index contributed by atoms with van der Waals surface area (Å²) < 4.78 is 5.14. The van der Waals surface area contributed by atoms with E-state index in [0.717, 1.165) is 43.7 Å². The van der Waals surface area contributed by atoms with E-state index in [4.69, 9.17) is 4.74 Å². The lowest BCUT2D eigenvalue weighted by atomic mass is 10.0. The van der Waals surface area contributed by atoms with Gasteiger partial charge in [0.25, 0.3) is 0 Å². The van der Waals surface area contributed by atoms with Crippen molar-refractivity contribution < 1.29 is 9.53 Å². The van der Waals surface area contributed by atoms with Crippen molar-refractivity contribution in [2.24, 2.45) is 0 Å². The summed E-state index contributed by atoms with van der Waals surface area (Å²) in [6.45, 7) is 4.70. The largest absolute Gasteiger partial charge is 0.450 e. The van der Waals surface area contributed by atoms with E-state index in [1.807, 2.05) is 30.3 Å². The van der Waals surface area contributed by atoms with Gasteiger partial charge in [0.15, 0.2) is 0 Å². The van der Waals surface area contributed by atoms with Gasteiger partial charge in [-0.2, -0.15) is 0 Å². The average Bonchev–Trinajstić information content (AvgIpc) is 2.44. The van der Waals surface area contributed by atoms with Crippen molar-refractivity contribution in [1.82, 2.24) is 5.32 Å². The van der Waals surface area contributed by atoms with Crippen molar-refractivity contribution in [2.75, 3.05) is 6.61 Å². The number of amides is 1. The number of hydrogen-bond donors (Lipinski definition) is 1. The molecule has 1 amide bonds. The van der Waals surface area contributed by atoms with E-state index < -0.39 is 0 Å². The molecule has 0 unspecified atom stereocenters. The molecule has 105 valence electrons. The van der Waals surface area contributed by atoms with Gasteiger partial charge in [0.1, 0.15) is 0 Å². The molecule has 0 saturated heterocycles. The summed E-state index contributed by atoms with van der Waals surface area (Å²) in [6.07, 6.45) is 4.61.